The highest BCUT2D eigenvalue weighted by Gasteiger charge is 2.40. The summed E-state index contributed by atoms with van der Waals surface area (Å²) >= 11 is 1.98. The van der Waals surface area contributed by atoms with Gasteiger partial charge in [0.1, 0.15) is 0 Å². The Morgan fingerprint density at radius 3 is 2.87 bits per heavy atom. The molecule has 2 rings (SSSR count). The van der Waals surface area contributed by atoms with Crippen molar-refractivity contribution >= 4 is 11.8 Å². The zero-order valence-electron chi connectivity index (χ0n) is 9.93. The number of hydrogen-bond acceptors (Lipinski definition) is 3. The van der Waals surface area contributed by atoms with Crippen molar-refractivity contribution in [2.45, 2.75) is 37.6 Å². The van der Waals surface area contributed by atoms with Gasteiger partial charge in [-0.1, -0.05) is 12.8 Å². The van der Waals surface area contributed by atoms with E-state index in [1.807, 2.05) is 11.8 Å². The molecule has 0 radical (unpaired) electrons. The van der Waals surface area contributed by atoms with Crippen molar-refractivity contribution < 1.29 is 0 Å². The Morgan fingerprint density at radius 1 is 1.33 bits per heavy atom. The maximum absolute atomic E-state index is 3.59. The highest BCUT2D eigenvalue weighted by atomic mass is 32.2. The van der Waals surface area contributed by atoms with Crippen LogP contribution in [0, 0.1) is 0 Å². The SMILES string of the molecule is CSCCCN1CCNCC12CCCC2. The molecular formula is C12H24N2S. The van der Waals surface area contributed by atoms with Crippen LogP contribution in [0.2, 0.25) is 0 Å². The van der Waals surface area contributed by atoms with E-state index in [-0.39, 0.29) is 0 Å². The highest BCUT2D eigenvalue weighted by molar-refractivity contribution is 7.98. The average Bonchev–Trinajstić information content (AvgIpc) is 2.71. The van der Waals surface area contributed by atoms with Crippen LogP contribution in [0.5, 0.6) is 0 Å². The molecule has 1 saturated heterocycles. The lowest BCUT2D eigenvalue weighted by Crippen LogP contribution is -2.60. The van der Waals surface area contributed by atoms with E-state index in [0.29, 0.717) is 5.54 Å². The third-order valence-corrected chi connectivity index (χ3v) is 4.69. The normalized spacial score (nSPS) is 26.2. The second kappa shape index (κ2) is 5.55. The van der Waals surface area contributed by atoms with Crippen LogP contribution >= 0.6 is 11.8 Å². The van der Waals surface area contributed by atoms with Crippen LogP contribution in [0.25, 0.3) is 0 Å². The molecule has 1 heterocycles. The zero-order valence-corrected chi connectivity index (χ0v) is 10.7. The predicted molar refractivity (Wildman–Crippen MR) is 68.6 cm³/mol. The Kier molecular flexibility index (Phi) is 4.35. The van der Waals surface area contributed by atoms with Gasteiger partial charge < -0.3 is 5.32 Å². The molecular weight excluding hydrogens is 204 g/mol. The molecule has 0 unspecified atom stereocenters. The lowest BCUT2D eigenvalue weighted by Gasteiger charge is -2.45. The number of nitrogens with one attached hydrogen (secondary N) is 1. The molecule has 1 aliphatic heterocycles. The average molecular weight is 228 g/mol. The molecule has 2 nitrogen and oxygen atoms in total. The molecule has 0 aromatic carbocycles. The first-order chi connectivity index (χ1) is 7.37. The predicted octanol–water partition coefficient (Wildman–Crippen LogP) is 1.96. The summed E-state index contributed by atoms with van der Waals surface area (Å²) in [5.41, 5.74) is 0.552. The van der Waals surface area contributed by atoms with Crippen molar-refractivity contribution in [2.24, 2.45) is 0 Å². The molecule has 0 atom stereocenters. The Hall–Kier alpha value is 0.270. The molecule has 0 aromatic rings. The van der Waals surface area contributed by atoms with Crippen LogP contribution in [-0.4, -0.2) is 48.6 Å². The van der Waals surface area contributed by atoms with Gasteiger partial charge in [0.2, 0.25) is 0 Å². The third kappa shape index (κ3) is 2.69. The number of piperazine rings is 1. The lowest BCUT2D eigenvalue weighted by atomic mass is 9.92. The molecule has 15 heavy (non-hydrogen) atoms. The van der Waals surface area contributed by atoms with E-state index < -0.39 is 0 Å². The second-order valence-corrected chi connectivity index (χ2v) is 5.93. The number of nitrogens with zero attached hydrogens (tertiary/aromatic N) is 1. The Bertz CT molecular complexity index is 190. The van der Waals surface area contributed by atoms with Crippen molar-refractivity contribution in [3.63, 3.8) is 0 Å². The maximum atomic E-state index is 3.59. The molecule has 2 fully saturated rings. The van der Waals surface area contributed by atoms with Gasteiger partial charge in [0, 0.05) is 25.2 Å². The minimum absolute atomic E-state index is 0.552. The van der Waals surface area contributed by atoms with Crippen molar-refractivity contribution in [2.75, 3.05) is 38.2 Å². The van der Waals surface area contributed by atoms with Gasteiger partial charge in [0.25, 0.3) is 0 Å². The topological polar surface area (TPSA) is 15.3 Å². The van der Waals surface area contributed by atoms with E-state index in [9.17, 15) is 0 Å². The van der Waals surface area contributed by atoms with Crippen LogP contribution in [0.15, 0.2) is 0 Å². The summed E-state index contributed by atoms with van der Waals surface area (Å²) in [5, 5.41) is 3.59. The van der Waals surface area contributed by atoms with E-state index >= 15 is 0 Å². The van der Waals surface area contributed by atoms with Crippen LogP contribution in [0.1, 0.15) is 32.1 Å². The van der Waals surface area contributed by atoms with Gasteiger partial charge >= 0.3 is 0 Å². The molecule has 3 heteroatoms. The molecule has 1 N–H and O–H groups in total. The number of thioether (sulfide) groups is 1. The Labute approximate surface area is 98.2 Å². The van der Waals surface area contributed by atoms with E-state index in [1.54, 1.807) is 0 Å². The van der Waals surface area contributed by atoms with E-state index in [1.165, 1.54) is 64.0 Å². The summed E-state index contributed by atoms with van der Waals surface area (Å²) in [5.74, 6) is 1.32. The quantitative estimate of drug-likeness (QED) is 0.741. The van der Waals surface area contributed by atoms with Gasteiger partial charge in [-0.05, 0) is 37.8 Å². The summed E-state index contributed by atoms with van der Waals surface area (Å²) in [6.45, 7) is 5.03. The van der Waals surface area contributed by atoms with E-state index in [4.69, 9.17) is 0 Å². The summed E-state index contributed by atoms with van der Waals surface area (Å²) < 4.78 is 0. The first-order valence-corrected chi connectivity index (χ1v) is 7.71. The zero-order chi connectivity index (χ0) is 10.6. The van der Waals surface area contributed by atoms with Crippen molar-refractivity contribution in [3.05, 3.63) is 0 Å². The van der Waals surface area contributed by atoms with Gasteiger partial charge in [0.15, 0.2) is 0 Å². The largest absolute Gasteiger partial charge is 0.314 e. The Morgan fingerprint density at radius 2 is 2.13 bits per heavy atom. The van der Waals surface area contributed by atoms with E-state index in [0.717, 1.165) is 0 Å². The summed E-state index contributed by atoms with van der Waals surface area (Å²) in [7, 11) is 0. The van der Waals surface area contributed by atoms with Crippen LogP contribution in [-0.2, 0) is 0 Å². The van der Waals surface area contributed by atoms with Gasteiger partial charge in [-0.2, -0.15) is 11.8 Å². The van der Waals surface area contributed by atoms with Gasteiger partial charge in [0.05, 0.1) is 0 Å². The summed E-state index contributed by atoms with van der Waals surface area (Å²) in [6, 6.07) is 0. The molecule has 88 valence electrons. The molecule has 0 aromatic heterocycles. The monoisotopic (exact) mass is 228 g/mol. The smallest absolute Gasteiger partial charge is 0.0334 e. The minimum Gasteiger partial charge on any atom is -0.314 e. The van der Waals surface area contributed by atoms with E-state index in [2.05, 4.69) is 16.5 Å². The fourth-order valence-electron chi connectivity index (χ4n) is 3.16. The van der Waals surface area contributed by atoms with Crippen molar-refractivity contribution in [3.8, 4) is 0 Å². The molecule has 2 aliphatic rings. The lowest BCUT2D eigenvalue weighted by molar-refractivity contribution is 0.0654. The first-order valence-electron chi connectivity index (χ1n) is 6.32. The minimum atomic E-state index is 0.552. The fourth-order valence-corrected chi connectivity index (χ4v) is 3.58. The molecule has 1 aliphatic carbocycles. The van der Waals surface area contributed by atoms with Crippen molar-refractivity contribution in [1.82, 2.24) is 10.2 Å². The fraction of sp³-hybridized carbons (Fsp3) is 1.00. The first kappa shape index (κ1) is 11.7. The standard InChI is InChI=1S/C12H24N2S/c1-15-10-4-8-14-9-7-13-11-12(14)5-2-3-6-12/h13H,2-11H2,1H3. The maximum Gasteiger partial charge on any atom is 0.0334 e. The number of rotatable bonds is 4. The highest BCUT2D eigenvalue weighted by Crippen LogP contribution is 2.36. The third-order valence-electron chi connectivity index (χ3n) is 3.99. The number of hydrogen-bond donors (Lipinski definition) is 1. The van der Waals surface area contributed by atoms with Gasteiger partial charge in [-0.15, -0.1) is 0 Å². The Balaban J connectivity index is 1.88. The van der Waals surface area contributed by atoms with Crippen LogP contribution in [0.3, 0.4) is 0 Å². The summed E-state index contributed by atoms with van der Waals surface area (Å²) in [4.78, 5) is 2.78. The van der Waals surface area contributed by atoms with Crippen LogP contribution in [0.4, 0.5) is 0 Å². The van der Waals surface area contributed by atoms with Crippen molar-refractivity contribution in [1.29, 1.82) is 0 Å². The van der Waals surface area contributed by atoms with Gasteiger partial charge in [-0.3, -0.25) is 4.90 Å². The molecule has 1 spiro atoms. The van der Waals surface area contributed by atoms with Crippen LogP contribution < -0.4 is 5.32 Å². The second-order valence-electron chi connectivity index (χ2n) is 4.94. The van der Waals surface area contributed by atoms with Gasteiger partial charge in [-0.25, -0.2) is 0 Å². The molecule has 0 bridgehead atoms. The molecule has 0 amide bonds. The molecule has 1 saturated carbocycles. The summed E-state index contributed by atoms with van der Waals surface area (Å²) in [6.07, 6.45) is 9.33.